The molecular weight excluding hydrogens is 525 g/mol. The average Bonchev–Trinajstić information content (AvgIpc) is 2.90. The molecule has 0 amide bonds. The molecule has 5 N–H and O–H groups in total. The van der Waals surface area contributed by atoms with E-state index in [2.05, 4.69) is 70.7 Å². The van der Waals surface area contributed by atoms with Crippen molar-refractivity contribution in [2.45, 2.75) is 70.4 Å². The molecule has 39 heavy (non-hydrogen) atoms. The van der Waals surface area contributed by atoms with Gasteiger partial charge < -0.3 is 25.6 Å². The van der Waals surface area contributed by atoms with Gasteiger partial charge in [0.2, 0.25) is 0 Å². The van der Waals surface area contributed by atoms with Crippen molar-refractivity contribution >= 4 is 19.8 Å². The number of carboxylic acids is 1. The summed E-state index contributed by atoms with van der Waals surface area (Å²) in [5.41, 5.74) is 5.15. The van der Waals surface area contributed by atoms with Crippen molar-refractivity contribution in [1.29, 1.82) is 0 Å². The summed E-state index contributed by atoms with van der Waals surface area (Å²) in [7, 11) is -4.61. The van der Waals surface area contributed by atoms with E-state index in [-0.39, 0.29) is 6.42 Å². The zero-order chi connectivity index (χ0) is 29.2. The third-order valence-electron chi connectivity index (χ3n) is 4.71. The fraction of sp³-hybridized carbons (Fsp3) is 0.500. The van der Waals surface area contributed by atoms with Crippen molar-refractivity contribution in [2.75, 3.05) is 19.8 Å². The standard InChI is InChI=1S/C28H44NO9P/c1-2-3-4-5-6-7-8-9-10-11-12-13-14-15-16-17-18-19-20-21-27(31)36-22-25(30)23-37-39(34,35)38-24-26(29)28(32)33/h3-4,6-7,9-10,12-13,15-16,18-19,25-26,30H,2,5,8,11,14,17,20-24,29H2,1H3,(H,32,33)(H,34,35)/b4-3-,7-6-,10-9-,13-12-,16-15-,19-18-. The molecule has 0 aliphatic heterocycles. The number of hydrogen-bond acceptors (Lipinski definition) is 8. The largest absolute Gasteiger partial charge is 0.480 e. The molecule has 10 nitrogen and oxygen atoms in total. The van der Waals surface area contributed by atoms with E-state index in [4.69, 9.17) is 15.6 Å². The fourth-order valence-electron chi connectivity index (χ4n) is 2.61. The van der Waals surface area contributed by atoms with Crippen LogP contribution >= 0.6 is 7.82 Å². The molecule has 0 aromatic carbocycles. The molecule has 220 valence electrons. The number of phosphoric acid groups is 1. The van der Waals surface area contributed by atoms with Gasteiger partial charge in [-0.15, -0.1) is 0 Å². The zero-order valence-corrected chi connectivity index (χ0v) is 23.6. The van der Waals surface area contributed by atoms with E-state index < -0.39 is 51.7 Å². The van der Waals surface area contributed by atoms with Gasteiger partial charge in [-0.05, 0) is 44.9 Å². The van der Waals surface area contributed by atoms with E-state index in [0.29, 0.717) is 6.42 Å². The maximum Gasteiger partial charge on any atom is 0.472 e. The highest BCUT2D eigenvalue weighted by molar-refractivity contribution is 7.47. The van der Waals surface area contributed by atoms with Gasteiger partial charge in [-0.25, -0.2) is 4.57 Å². The molecule has 0 rings (SSSR count). The van der Waals surface area contributed by atoms with Crippen molar-refractivity contribution < 1.29 is 43.0 Å². The first kappa shape index (κ1) is 36.4. The minimum atomic E-state index is -4.61. The van der Waals surface area contributed by atoms with E-state index in [1.165, 1.54) is 0 Å². The Morgan fingerprint density at radius 3 is 1.67 bits per heavy atom. The first-order chi connectivity index (χ1) is 18.7. The molecule has 0 aromatic rings. The van der Waals surface area contributed by atoms with Crippen LogP contribution < -0.4 is 5.73 Å². The summed E-state index contributed by atoms with van der Waals surface area (Å²) in [6, 6.07) is -1.50. The van der Waals surface area contributed by atoms with Crippen LogP contribution in [0.15, 0.2) is 72.9 Å². The van der Waals surface area contributed by atoms with Gasteiger partial charge in [-0.1, -0.05) is 79.8 Å². The lowest BCUT2D eigenvalue weighted by Crippen LogP contribution is -2.34. The normalized spacial score (nSPS) is 15.8. The number of nitrogens with two attached hydrogens (primary N) is 1. The first-order valence-electron chi connectivity index (χ1n) is 13.0. The van der Waals surface area contributed by atoms with Crippen LogP contribution in [0.2, 0.25) is 0 Å². The number of esters is 1. The third-order valence-corrected chi connectivity index (χ3v) is 5.66. The number of aliphatic hydroxyl groups excluding tert-OH is 1. The lowest BCUT2D eigenvalue weighted by atomic mass is 10.2. The number of aliphatic hydroxyl groups is 1. The number of rotatable bonds is 23. The molecule has 0 aliphatic rings. The minimum Gasteiger partial charge on any atom is -0.480 e. The summed E-state index contributed by atoms with van der Waals surface area (Å²) in [4.78, 5) is 31.7. The van der Waals surface area contributed by atoms with Crippen molar-refractivity contribution in [1.82, 2.24) is 0 Å². The molecule has 0 aromatic heterocycles. The van der Waals surface area contributed by atoms with Gasteiger partial charge in [0.05, 0.1) is 13.2 Å². The Labute approximate surface area is 231 Å². The summed E-state index contributed by atoms with van der Waals surface area (Å²) >= 11 is 0. The topological polar surface area (TPSA) is 166 Å². The SMILES string of the molecule is CC/C=C\C/C=C\C/C=C\C/C=C\C/C=C\C/C=C\CCC(=O)OCC(O)COP(=O)(O)OCC(N)C(=O)O. The number of hydrogen-bond donors (Lipinski definition) is 4. The Balaban J connectivity index is 3.82. The zero-order valence-electron chi connectivity index (χ0n) is 22.7. The number of carbonyl (C=O) groups is 2. The average molecular weight is 570 g/mol. The highest BCUT2D eigenvalue weighted by Gasteiger charge is 2.26. The smallest absolute Gasteiger partial charge is 0.472 e. The van der Waals surface area contributed by atoms with Gasteiger partial charge in [0, 0.05) is 6.42 Å². The molecule has 0 spiro atoms. The number of carbonyl (C=O) groups excluding carboxylic acids is 1. The Morgan fingerprint density at radius 1 is 0.769 bits per heavy atom. The second kappa shape index (κ2) is 24.5. The van der Waals surface area contributed by atoms with E-state index >= 15 is 0 Å². The quantitative estimate of drug-likeness (QED) is 0.0754. The summed E-state index contributed by atoms with van der Waals surface area (Å²) in [6.45, 7) is 0.290. The molecule has 0 fully saturated rings. The van der Waals surface area contributed by atoms with Crippen LogP contribution in [0.25, 0.3) is 0 Å². The van der Waals surface area contributed by atoms with Crippen LogP contribution in [-0.2, 0) is 27.9 Å². The van der Waals surface area contributed by atoms with Gasteiger partial charge in [0.1, 0.15) is 18.8 Å². The van der Waals surface area contributed by atoms with Gasteiger partial charge in [0.25, 0.3) is 0 Å². The van der Waals surface area contributed by atoms with Gasteiger partial charge in [-0.2, -0.15) is 0 Å². The second-order valence-corrected chi connectivity index (χ2v) is 9.75. The molecular formula is C28H44NO9P. The van der Waals surface area contributed by atoms with Crippen molar-refractivity contribution in [3.8, 4) is 0 Å². The first-order valence-corrected chi connectivity index (χ1v) is 14.5. The van der Waals surface area contributed by atoms with E-state index in [0.717, 1.165) is 38.5 Å². The molecule has 0 radical (unpaired) electrons. The third kappa shape index (κ3) is 25.4. The van der Waals surface area contributed by atoms with Gasteiger partial charge >= 0.3 is 19.8 Å². The van der Waals surface area contributed by atoms with Crippen LogP contribution in [0.1, 0.15) is 58.3 Å². The van der Waals surface area contributed by atoms with Crippen LogP contribution in [0, 0.1) is 0 Å². The Kier molecular flexibility index (Phi) is 22.8. The fourth-order valence-corrected chi connectivity index (χ4v) is 3.40. The summed E-state index contributed by atoms with van der Waals surface area (Å²) in [5, 5.41) is 18.3. The number of aliphatic carboxylic acids is 1. The lowest BCUT2D eigenvalue weighted by molar-refractivity contribution is -0.147. The van der Waals surface area contributed by atoms with Crippen LogP contribution in [0.3, 0.4) is 0 Å². The molecule has 0 heterocycles. The number of allylic oxidation sites excluding steroid dienone is 12. The van der Waals surface area contributed by atoms with Crippen LogP contribution in [-0.4, -0.2) is 59.0 Å². The lowest BCUT2D eigenvalue weighted by Gasteiger charge is -2.16. The molecule has 0 saturated carbocycles. The maximum atomic E-state index is 11.7. The Hall–Kier alpha value is -2.59. The van der Waals surface area contributed by atoms with Crippen LogP contribution in [0.5, 0.6) is 0 Å². The van der Waals surface area contributed by atoms with Gasteiger partial charge in [-0.3, -0.25) is 18.6 Å². The predicted octanol–water partition coefficient (Wildman–Crippen LogP) is 4.91. The highest BCUT2D eigenvalue weighted by atomic mass is 31.2. The molecule has 3 atom stereocenters. The van der Waals surface area contributed by atoms with E-state index in [1.807, 2.05) is 18.2 Å². The molecule has 11 heteroatoms. The van der Waals surface area contributed by atoms with Gasteiger partial charge in [0.15, 0.2) is 0 Å². The second-order valence-electron chi connectivity index (χ2n) is 8.30. The Bertz CT molecular complexity index is 893. The highest BCUT2D eigenvalue weighted by Crippen LogP contribution is 2.43. The minimum absolute atomic E-state index is 0.116. The summed E-state index contributed by atoms with van der Waals surface area (Å²) in [6.07, 6.45) is 29.9. The summed E-state index contributed by atoms with van der Waals surface area (Å²) in [5.74, 6) is -1.95. The number of carboxylic acid groups (broad SMARTS) is 1. The molecule has 0 bridgehead atoms. The van der Waals surface area contributed by atoms with Crippen molar-refractivity contribution in [3.05, 3.63) is 72.9 Å². The molecule has 0 aliphatic carbocycles. The monoisotopic (exact) mass is 569 g/mol. The number of ether oxygens (including phenoxy) is 1. The van der Waals surface area contributed by atoms with Crippen molar-refractivity contribution in [3.63, 3.8) is 0 Å². The molecule has 3 unspecified atom stereocenters. The van der Waals surface area contributed by atoms with Crippen LogP contribution in [0.4, 0.5) is 0 Å². The molecule has 0 saturated heterocycles. The predicted molar refractivity (Wildman–Crippen MR) is 152 cm³/mol. The number of phosphoric ester groups is 1. The van der Waals surface area contributed by atoms with Crippen molar-refractivity contribution in [2.24, 2.45) is 5.73 Å². The summed E-state index contributed by atoms with van der Waals surface area (Å²) < 4.78 is 25.4. The Morgan fingerprint density at radius 2 is 1.21 bits per heavy atom. The van der Waals surface area contributed by atoms with E-state index in [9.17, 15) is 24.2 Å². The maximum absolute atomic E-state index is 11.7. The van der Waals surface area contributed by atoms with E-state index in [1.54, 1.807) is 0 Å².